The fraction of sp³-hybridized carbons (Fsp3) is 0. The van der Waals surface area contributed by atoms with E-state index in [1.54, 1.807) is 18.2 Å². The Hall–Kier alpha value is -2.39. The third-order valence-corrected chi connectivity index (χ3v) is 3.74. The third-order valence-electron chi connectivity index (χ3n) is 3.21. The Morgan fingerprint density at radius 2 is 1.64 bits per heavy atom. The lowest BCUT2D eigenvalue weighted by Crippen LogP contribution is -1.92. The average Bonchev–Trinajstić information content (AvgIpc) is 3.03. The quantitative estimate of drug-likeness (QED) is 0.451. The predicted octanol–water partition coefficient (Wildman–Crippen LogP) is 5.61. The van der Waals surface area contributed by atoms with Gasteiger partial charge in [0.15, 0.2) is 5.78 Å². The molecule has 3 aromatic rings. The smallest absolute Gasteiger partial charge is 0.185 e. The van der Waals surface area contributed by atoms with E-state index in [-0.39, 0.29) is 5.78 Å². The van der Waals surface area contributed by atoms with Crippen LogP contribution in [0.2, 0.25) is 0 Å². The molecule has 108 valence electrons. The molecular weight excluding hydrogens is 340 g/mol. The lowest BCUT2D eigenvalue weighted by atomic mass is 10.1. The Labute approximate surface area is 137 Å². The Morgan fingerprint density at radius 3 is 2.36 bits per heavy atom. The van der Waals surface area contributed by atoms with E-state index in [9.17, 15) is 4.79 Å². The van der Waals surface area contributed by atoms with Crippen LogP contribution in [0.15, 0.2) is 81.7 Å². The highest BCUT2D eigenvalue weighted by Crippen LogP contribution is 2.22. The number of carbonyl (C=O) groups is 1. The van der Waals surface area contributed by atoms with Gasteiger partial charge in [-0.05, 0) is 48.6 Å². The zero-order valence-electron chi connectivity index (χ0n) is 11.7. The second-order valence-corrected chi connectivity index (χ2v) is 5.69. The van der Waals surface area contributed by atoms with Crippen LogP contribution in [-0.4, -0.2) is 5.78 Å². The first-order valence-corrected chi connectivity index (χ1v) is 7.65. The molecular formula is C19H13BrO2. The molecule has 0 fully saturated rings. The van der Waals surface area contributed by atoms with Gasteiger partial charge in [0.1, 0.15) is 11.5 Å². The van der Waals surface area contributed by atoms with E-state index < -0.39 is 0 Å². The molecule has 2 aromatic carbocycles. The van der Waals surface area contributed by atoms with Crippen LogP contribution in [0.4, 0.5) is 0 Å². The van der Waals surface area contributed by atoms with Gasteiger partial charge in [-0.25, -0.2) is 0 Å². The molecule has 0 aliphatic rings. The van der Waals surface area contributed by atoms with Crippen LogP contribution in [-0.2, 0) is 0 Å². The van der Waals surface area contributed by atoms with Gasteiger partial charge < -0.3 is 4.42 Å². The molecule has 3 heteroatoms. The van der Waals surface area contributed by atoms with Crippen molar-refractivity contribution >= 4 is 27.8 Å². The van der Waals surface area contributed by atoms with Crippen molar-refractivity contribution in [1.29, 1.82) is 0 Å². The van der Waals surface area contributed by atoms with Crippen molar-refractivity contribution in [2.75, 3.05) is 0 Å². The largest absolute Gasteiger partial charge is 0.457 e. The van der Waals surface area contributed by atoms with Crippen LogP contribution in [0, 0.1) is 0 Å². The molecule has 2 nitrogen and oxygen atoms in total. The first-order valence-electron chi connectivity index (χ1n) is 6.85. The minimum absolute atomic E-state index is 0.0508. The molecule has 0 bridgehead atoms. The summed E-state index contributed by atoms with van der Waals surface area (Å²) in [6.45, 7) is 0. The topological polar surface area (TPSA) is 30.2 Å². The van der Waals surface area contributed by atoms with Crippen LogP contribution in [0.25, 0.3) is 17.4 Å². The normalized spacial score (nSPS) is 11.0. The van der Waals surface area contributed by atoms with E-state index in [2.05, 4.69) is 15.9 Å². The molecule has 22 heavy (non-hydrogen) atoms. The van der Waals surface area contributed by atoms with E-state index in [1.807, 2.05) is 54.6 Å². The van der Waals surface area contributed by atoms with Gasteiger partial charge in [-0.1, -0.05) is 46.3 Å². The van der Waals surface area contributed by atoms with E-state index in [4.69, 9.17) is 4.42 Å². The molecule has 0 N–H and O–H groups in total. The summed E-state index contributed by atoms with van der Waals surface area (Å²) in [6, 6.07) is 20.9. The Balaban J connectivity index is 1.75. The number of hydrogen-bond acceptors (Lipinski definition) is 2. The van der Waals surface area contributed by atoms with Crippen LogP contribution in [0.5, 0.6) is 0 Å². The van der Waals surface area contributed by atoms with Gasteiger partial charge in [-0.2, -0.15) is 0 Å². The monoisotopic (exact) mass is 352 g/mol. The van der Waals surface area contributed by atoms with Gasteiger partial charge in [0, 0.05) is 15.6 Å². The number of rotatable bonds is 4. The fourth-order valence-electron chi connectivity index (χ4n) is 2.07. The molecule has 0 saturated carbocycles. The average molecular weight is 353 g/mol. The number of furan rings is 1. The number of halogens is 1. The van der Waals surface area contributed by atoms with Crippen LogP contribution in [0.1, 0.15) is 16.1 Å². The van der Waals surface area contributed by atoms with Crippen molar-refractivity contribution in [1.82, 2.24) is 0 Å². The Kier molecular flexibility index (Phi) is 4.35. The summed E-state index contributed by atoms with van der Waals surface area (Å²) in [7, 11) is 0. The first kappa shape index (κ1) is 14.5. The summed E-state index contributed by atoms with van der Waals surface area (Å²) in [5, 5.41) is 0. The zero-order valence-corrected chi connectivity index (χ0v) is 13.3. The molecule has 1 aromatic heterocycles. The molecule has 0 atom stereocenters. The maximum absolute atomic E-state index is 12.1. The van der Waals surface area contributed by atoms with E-state index in [0.29, 0.717) is 11.3 Å². The molecule has 0 aliphatic heterocycles. The summed E-state index contributed by atoms with van der Waals surface area (Å²) in [6.07, 6.45) is 3.22. The van der Waals surface area contributed by atoms with Gasteiger partial charge >= 0.3 is 0 Å². The molecule has 0 amide bonds. The highest BCUT2D eigenvalue weighted by Gasteiger charge is 2.04. The molecule has 0 aliphatic carbocycles. The van der Waals surface area contributed by atoms with Crippen molar-refractivity contribution in [2.45, 2.75) is 0 Å². The highest BCUT2D eigenvalue weighted by molar-refractivity contribution is 9.10. The summed E-state index contributed by atoms with van der Waals surface area (Å²) >= 11 is 3.35. The highest BCUT2D eigenvalue weighted by atomic mass is 79.9. The molecule has 3 rings (SSSR count). The maximum atomic E-state index is 12.1. The summed E-state index contributed by atoms with van der Waals surface area (Å²) in [5.41, 5.74) is 1.66. The lowest BCUT2D eigenvalue weighted by molar-refractivity contribution is 0.104. The van der Waals surface area contributed by atoms with Crippen LogP contribution in [0.3, 0.4) is 0 Å². The van der Waals surface area contributed by atoms with Crippen molar-refractivity contribution in [3.8, 4) is 11.3 Å². The SMILES string of the molecule is O=C(/C=C/c1ccc(-c2ccccc2)o1)c1ccc(Br)cc1. The van der Waals surface area contributed by atoms with Crippen LogP contribution < -0.4 is 0 Å². The number of hydrogen-bond donors (Lipinski definition) is 0. The standard InChI is InChI=1S/C19H13BrO2/c20-16-8-6-14(7-9-16)18(21)12-10-17-11-13-19(22-17)15-4-2-1-3-5-15/h1-13H/b12-10+. The van der Waals surface area contributed by atoms with Gasteiger partial charge in [0.05, 0.1) is 0 Å². The zero-order chi connectivity index (χ0) is 15.4. The number of allylic oxidation sites excluding steroid dienone is 1. The Bertz CT molecular complexity index is 799. The second-order valence-electron chi connectivity index (χ2n) is 4.77. The minimum Gasteiger partial charge on any atom is -0.457 e. The minimum atomic E-state index is -0.0508. The van der Waals surface area contributed by atoms with Crippen LogP contribution >= 0.6 is 15.9 Å². The van der Waals surface area contributed by atoms with Gasteiger partial charge in [0.25, 0.3) is 0 Å². The fourth-order valence-corrected chi connectivity index (χ4v) is 2.33. The first-order chi connectivity index (χ1) is 10.7. The summed E-state index contributed by atoms with van der Waals surface area (Å²) < 4.78 is 6.68. The second kappa shape index (κ2) is 6.58. The Morgan fingerprint density at radius 1 is 0.909 bits per heavy atom. The van der Waals surface area contributed by atoms with E-state index >= 15 is 0 Å². The molecule has 0 radical (unpaired) electrons. The van der Waals surface area contributed by atoms with Crippen molar-refractivity contribution < 1.29 is 9.21 Å². The lowest BCUT2D eigenvalue weighted by Gasteiger charge is -1.96. The van der Waals surface area contributed by atoms with Gasteiger partial charge in [-0.3, -0.25) is 4.79 Å². The van der Waals surface area contributed by atoms with Gasteiger partial charge in [-0.15, -0.1) is 0 Å². The maximum Gasteiger partial charge on any atom is 0.185 e. The van der Waals surface area contributed by atoms with Crippen molar-refractivity contribution in [3.05, 3.63) is 88.6 Å². The third kappa shape index (κ3) is 3.43. The number of carbonyl (C=O) groups excluding carboxylic acids is 1. The van der Waals surface area contributed by atoms with Crippen molar-refractivity contribution in [2.24, 2.45) is 0 Å². The predicted molar refractivity (Wildman–Crippen MR) is 91.7 cm³/mol. The molecule has 0 unspecified atom stereocenters. The van der Waals surface area contributed by atoms with Crippen molar-refractivity contribution in [3.63, 3.8) is 0 Å². The van der Waals surface area contributed by atoms with Gasteiger partial charge in [0.2, 0.25) is 0 Å². The summed E-state index contributed by atoms with van der Waals surface area (Å²) in [4.78, 5) is 12.1. The summed E-state index contributed by atoms with van der Waals surface area (Å²) in [5.74, 6) is 1.39. The molecule has 1 heterocycles. The van der Waals surface area contributed by atoms with E-state index in [1.165, 1.54) is 6.08 Å². The number of ketones is 1. The molecule has 0 saturated heterocycles. The van der Waals surface area contributed by atoms with E-state index in [0.717, 1.165) is 15.8 Å². The number of benzene rings is 2. The molecule has 0 spiro atoms.